The van der Waals surface area contributed by atoms with Crippen LogP contribution < -0.4 is 5.32 Å². The number of hydrogen-bond acceptors (Lipinski definition) is 5. The van der Waals surface area contributed by atoms with Gasteiger partial charge in [0.15, 0.2) is 11.9 Å². The SMILES string of the molecule is CCOC(=O)C1=Nc2ccccc2NC1O. The van der Waals surface area contributed by atoms with Crippen molar-refractivity contribution in [3.63, 3.8) is 0 Å². The molecule has 1 aliphatic heterocycles. The zero-order valence-electron chi connectivity index (χ0n) is 8.80. The van der Waals surface area contributed by atoms with Crippen LogP contribution in [0, 0.1) is 0 Å². The summed E-state index contributed by atoms with van der Waals surface area (Å²) in [7, 11) is 0. The van der Waals surface area contributed by atoms with Gasteiger partial charge >= 0.3 is 5.97 Å². The number of rotatable bonds is 2. The van der Waals surface area contributed by atoms with Gasteiger partial charge in [0, 0.05) is 0 Å². The lowest BCUT2D eigenvalue weighted by atomic mass is 10.2. The molecule has 1 aromatic rings. The number of carbonyl (C=O) groups is 1. The van der Waals surface area contributed by atoms with E-state index in [1.54, 1.807) is 19.1 Å². The highest BCUT2D eigenvalue weighted by Crippen LogP contribution is 2.28. The maximum absolute atomic E-state index is 11.5. The Balaban J connectivity index is 2.33. The average molecular weight is 220 g/mol. The predicted octanol–water partition coefficient (Wildman–Crippen LogP) is 1.07. The molecule has 1 unspecified atom stereocenters. The van der Waals surface area contributed by atoms with E-state index in [0.717, 1.165) is 0 Å². The van der Waals surface area contributed by atoms with E-state index in [2.05, 4.69) is 10.3 Å². The van der Waals surface area contributed by atoms with Crippen LogP contribution in [0.15, 0.2) is 29.3 Å². The first kappa shape index (κ1) is 10.6. The summed E-state index contributed by atoms with van der Waals surface area (Å²) in [6.45, 7) is 1.96. The van der Waals surface area contributed by atoms with Crippen LogP contribution in [0.25, 0.3) is 0 Å². The molecule has 0 spiro atoms. The van der Waals surface area contributed by atoms with Crippen LogP contribution in [-0.4, -0.2) is 29.6 Å². The zero-order valence-corrected chi connectivity index (χ0v) is 8.80. The third kappa shape index (κ3) is 1.90. The van der Waals surface area contributed by atoms with Crippen molar-refractivity contribution in [2.75, 3.05) is 11.9 Å². The van der Waals surface area contributed by atoms with Crippen LogP contribution in [0.3, 0.4) is 0 Å². The van der Waals surface area contributed by atoms with Gasteiger partial charge in [0.25, 0.3) is 0 Å². The Kier molecular flexibility index (Phi) is 2.87. The first-order chi connectivity index (χ1) is 7.72. The molecule has 1 heterocycles. The highest BCUT2D eigenvalue weighted by atomic mass is 16.5. The predicted molar refractivity (Wildman–Crippen MR) is 59.8 cm³/mol. The molecule has 1 aromatic carbocycles. The molecule has 0 saturated carbocycles. The number of nitrogens with zero attached hydrogens (tertiary/aromatic N) is 1. The number of esters is 1. The summed E-state index contributed by atoms with van der Waals surface area (Å²) in [6.07, 6.45) is -1.12. The Labute approximate surface area is 92.8 Å². The summed E-state index contributed by atoms with van der Waals surface area (Å²) >= 11 is 0. The number of para-hydroxylation sites is 2. The fraction of sp³-hybridized carbons (Fsp3) is 0.273. The van der Waals surface area contributed by atoms with Crippen LogP contribution in [-0.2, 0) is 9.53 Å². The van der Waals surface area contributed by atoms with Crippen molar-refractivity contribution in [1.82, 2.24) is 0 Å². The van der Waals surface area contributed by atoms with Crippen molar-refractivity contribution in [1.29, 1.82) is 0 Å². The minimum absolute atomic E-state index is 0.0134. The molecule has 0 aliphatic carbocycles. The first-order valence-electron chi connectivity index (χ1n) is 5.01. The first-order valence-corrected chi connectivity index (χ1v) is 5.01. The zero-order chi connectivity index (χ0) is 11.5. The summed E-state index contributed by atoms with van der Waals surface area (Å²) in [5.41, 5.74) is 1.31. The quantitative estimate of drug-likeness (QED) is 0.731. The summed E-state index contributed by atoms with van der Waals surface area (Å²) in [5, 5.41) is 12.4. The number of nitrogens with one attached hydrogen (secondary N) is 1. The van der Waals surface area contributed by atoms with Crippen molar-refractivity contribution >= 4 is 23.1 Å². The van der Waals surface area contributed by atoms with E-state index in [-0.39, 0.29) is 12.3 Å². The third-order valence-corrected chi connectivity index (χ3v) is 2.18. The Morgan fingerprint density at radius 3 is 3.06 bits per heavy atom. The molecule has 0 saturated heterocycles. The van der Waals surface area contributed by atoms with Crippen LogP contribution in [0.2, 0.25) is 0 Å². The van der Waals surface area contributed by atoms with Gasteiger partial charge in [0.05, 0.1) is 18.0 Å². The van der Waals surface area contributed by atoms with Gasteiger partial charge in [-0.1, -0.05) is 12.1 Å². The number of benzene rings is 1. The van der Waals surface area contributed by atoms with Gasteiger partial charge in [-0.25, -0.2) is 9.79 Å². The molecule has 0 amide bonds. The molecule has 16 heavy (non-hydrogen) atoms. The number of hydrogen-bond donors (Lipinski definition) is 2. The molecule has 5 heteroatoms. The van der Waals surface area contributed by atoms with Gasteiger partial charge in [-0.15, -0.1) is 0 Å². The van der Waals surface area contributed by atoms with E-state index in [4.69, 9.17) is 4.74 Å². The molecule has 1 aliphatic rings. The van der Waals surface area contributed by atoms with E-state index >= 15 is 0 Å². The van der Waals surface area contributed by atoms with Crippen molar-refractivity contribution in [3.05, 3.63) is 24.3 Å². The van der Waals surface area contributed by atoms with Crippen LogP contribution in [0.4, 0.5) is 11.4 Å². The lowest BCUT2D eigenvalue weighted by molar-refractivity contribution is -0.135. The number of anilines is 1. The molecule has 5 nitrogen and oxygen atoms in total. The second-order valence-electron chi connectivity index (χ2n) is 3.28. The van der Waals surface area contributed by atoms with Crippen molar-refractivity contribution in [3.8, 4) is 0 Å². The number of aliphatic imine (C=N–C) groups is 1. The lowest BCUT2D eigenvalue weighted by Gasteiger charge is -2.21. The van der Waals surface area contributed by atoms with Gasteiger partial charge < -0.3 is 15.2 Å². The van der Waals surface area contributed by atoms with Crippen LogP contribution in [0.5, 0.6) is 0 Å². The summed E-state index contributed by atoms with van der Waals surface area (Å²) in [4.78, 5) is 15.5. The van der Waals surface area contributed by atoms with E-state index < -0.39 is 12.2 Å². The molecular weight excluding hydrogens is 208 g/mol. The van der Waals surface area contributed by atoms with E-state index in [1.165, 1.54) is 0 Å². The summed E-state index contributed by atoms with van der Waals surface area (Å²) in [6, 6.07) is 7.17. The number of fused-ring (bicyclic) bond motifs is 1. The van der Waals surface area contributed by atoms with E-state index in [9.17, 15) is 9.90 Å². The standard InChI is InChI=1S/C11H12N2O3/c1-2-16-11(15)9-10(14)13-8-6-4-3-5-7(8)12-9/h3-6,10,13-14H,2H2,1H3. The molecule has 2 rings (SSSR count). The van der Waals surface area contributed by atoms with Gasteiger partial charge in [-0.2, -0.15) is 0 Å². The normalized spacial score (nSPS) is 18.1. The second kappa shape index (κ2) is 4.32. The van der Waals surface area contributed by atoms with Gasteiger partial charge in [-0.05, 0) is 19.1 Å². The minimum atomic E-state index is -1.12. The maximum atomic E-state index is 11.5. The smallest absolute Gasteiger partial charge is 0.357 e. The summed E-state index contributed by atoms with van der Waals surface area (Å²) in [5.74, 6) is -0.600. The second-order valence-corrected chi connectivity index (χ2v) is 3.28. The Morgan fingerprint density at radius 2 is 2.31 bits per heavy atom. The molecule has 0 aromatic heterocycles. The monoisotopic (exact) mass is 220 g/mol. The molecule has 0 bridgehead atoms. The number of ether oxygens (including phenoxy) is 1. The fourth-order valence-corrected chi connectivity index (χ4v) is 1.46. The largest absolute Gasteiger partial charge is 0.461 e. The van der Waals surface area contributed by atoms with Gasteiger partial charge in [0.1, 0.15) is 0 Å². The topological polar surface area (TPSA) is 70.9 Å². The van der Waals surface area contributed by atoms with Crippen molar-refractivity contribution in [2.45, 2.75) is 13.2 Å². The number of carbonyl (C=O) groups excluding carboxylic acids is 1. The highest BCUT2D eigenvalue weighted by molar-refractivity contribution is 6.39. The Morgan fingerprint density at radius 1 is 1.56 bits per heavy atom. The highest BCUT2D eigenvalue weighted by Gasteiger charge is 2.26. The summed E-state index contributed by atoms with van der Waals surface area (Å²) < 4.78 is 4.80. The van der Waals surface area contributed by atoms with Crippen LogP contribution in [0.1, 0.15) is 6.92 Å². The Bertz CT molecular complexity index is 443. The molecule has 0 fully saturated rings. The van der Waals surface area contributed by atoms with E-state index in [0.29, 0.717) is 11.4 Å². The molecule has 2 N–H and O–H groups in total. The lowest BCUT2D eigenvalue weighted by Crippen LogP contribution is -2.37. The van der Waals surface area contributed by atoms with Gasteiger partial charge in [0.2, 0.25) is 0 Å². The van der Waals surface area contributed by atoms with E-state index in [1.807, 2.05) is 12.1 Å². The minimum Gasteiger partial charge on any atom is -0.461 e. The van der Waals surface area contributed by atoms with Crippen molar-refractivity contribution < 1.29 is 14.6 Å². The van der Waals surface area contributed by atoms with Crippen LogP contribution >= 0.6 is 0 Å². The molecule has 0 radical (unpaired) electrons. The third-order valence-electron chi connectivity index (χ3n) is 2.18. The van der Waals surface area contributed by atoms with Gasteiger partial charge in [-0.3, -0.25) is 0 Å². The van der Waals surface area contributed by atoms with Crippen molar-refractivity contribution in [2.24, 2.45) is 4.99 Å². The molecule has 1 atom stereocenters. The molecule has 84 valence electrons. The Hall–Kier alpha value is -1.88. The fourth-order valence-electron chi connectivity index (χ4n) is 1.46. The number of aliphatic hydroxyl groups excluding tert-OH is 1. The average Bonchev–Trinajstić information content (AvgIpc) is 2.28. The molecular formula is C11H12N2O3. The number of aliphatic hydroxyl groups is 1. The maximum Gasteiger partial charge on any atom is 0.357 e.